The first-order valence-electron chi connectivity index (χ1n) is 6.66. The summed E-state index contributed by atoms with van der Waals surface area (Å²) in [4.78, 5) is 13.4. The van der Waals surface area contributed by atoms with E-state index >= 15 is 0 Å². The third kappa shape index (κ3) is 4.39. The number of anilines is 1. The van der Waals surface area contributed by atoms with Crippen molar-refractivity contribution >= 4 is 23.4 Å². The second-order valence-corrected chi connectivity index (χ2v) is 5.69. The molecule has 2 rings (SSSR count). The lowest BCUT2D eigenvalue weighted by molar-refractivity contribution is -0.120. The van der Waals surface area contributed by atoms with E-state index in [0.29, 0.717) is 12.2 Å². The molecule has 0 radical (unpaired) electrons. The average Bonchev–Trinajstić information content (AvgIpc) is 2.53. The minimum Gasteiger partial charge on any atom is -0.399 e. The first-order valence-corrected chi connectivity index (χ1v) is 7.54. The van der Waals surface area contributed by atoms with Crippen molar-refractivity contribution in [3.8, 4) is 0 Å². The molecule has 0 bridgehead atoms. The Morgan fingerprint density at radius 1 is 1.19 bits per heavy atom. The minimum absolute atomic E-state index is 0.0251. The molecule has 0 aromatic heterocycles. The first-order chi connectivity index (χ1) is 10.2. The molecule has 3 nitrogen and oxygen atoms in total. The minimum atomic E-state index is -0.297. The maximum atomic E-state index is 12.4. The Morgan fingerprint density at radius 3 is 2.48 bits per heavy atom. The van der Waals surface area contributed by atoms with Crippen molar-refractivity contribution in [1.29, 1.82) is 0 Å². The Bertz CT molecular complexity index is 596. The fraction of sp³-hybridized carbons (Fsp3) is 0.118. The van der Waals surface area contributed by atoms with Crippen molar-refractivity contribution in [2.45, 2.75) is 10.1 Å². The summed E-state index contributed by atoms with van der Waals surface area (Å²) in [6.07, 6.45) is 1.67. The molecule has 108 valence electrons. The van der Waals surface area contributed by atoms with Gasteiger partial charge in [-0.3, -0.25) is 4.79 Å². The van der Waals surface area contributed by atoms with Gasteiger partial charge in [0.1, 0.15) is 5.25 Å². The number of hydrogen-bond acceptors (Lipinski definition) is 3. The number of nitrogen functional groups attached to an aromatic ring is 1. The molecule has 0 fully saturated rings. The van der Waals surface area contributed by atoms with E-state index in [0.717, 1.165) is 10.5 Å². The molecule has 0 saturated heterocycles. The van der Waals surface area contributed by atoms with Gasteiger partial charge in [-0.25, -0.2) is 0 Å². The lowest BCUT2D eigenvalue weighted by Gasteiger charge is -2.16. The van der Waals surface area contributed by atoms with Gasteiger partial charge in [0.05, 0.1) is 0 Å². The van der Waals surface area contributed by atoms with Crippen molar-refractivity contribution in [2.24, 2.45) is 0 Å². The number of carbonyl (C=O) groups excluding carboxylic acids is 1. The van der Waals surface area contributed by atoms with E-state index in [4.69, 9.17) is 5.73 Å². The van der Waals surface area contributed by atoms with Gasteiger partial charge >= 0.3 is 0 Å². The molecule has 3 N–H and O–H groups in total. The van der Waals surface area contributed by atoms with Crippen molar-refractivity contribution in [2.75, 3.05) is 12.3 Å². The topological polar surface area (TPSA) is 55.1 Å². The highest BCUT2D eigenvalue weighted by atomic mass is 32.2. The van der Waals surface area contributed by atoms with E-state index in [-0.39, 0.29) is 11.2 Å². The van der Waals surface area contributed by atoms with Crippen LogP contribution in [0.15, 0.2) is 72.1 Å². The third-order valence-electron chi connectivity index (χ3n) is 2.90. The number of rotatable bonds is 6. The number of hydrogen-bond donors (Lipinski definition) is 2. The largest absolute Gasteiger partial charge is 0.399 e. The molecule has 1 unspecified atom stereocenters. The van der Waals surface area contributed by atoms with E-state index in [1.807, 2.05) is 54.6 Å². The van der Waals surface area contributed by atoms with E-state index in [9.17, 15) is 4.79 Å². The third-order valence-corrected chi connectivity index (χ3v) is 4.16. The van der Waals surface area contributed by atoms with E-state index in [1.165, 1.54) is 11.8 Å². The maximum absolute atomic E-state index is 12.4. The molecular formula is C17H18N2OS. The van der Waals surface area contributed by atoms with Crippen molar-refractivity contribution in [3.05, 3.63) is 72.8 Å². The van der Waals surface area contributed by atoms with Crippen molar-refractivity contribution < 1.29 is 4.79 Å². The second-order valence-electron chi connectivity index (χ2n) is 4.51. The lowest BCUT2D eigenvalue weighted by Crippen LogP contribution is -2.27. The van der Waals surface area contributed by atoms with Gasteiger partial charge in [0.2, 0.25) is 5.91 Å². The summed E-state index contributed by atoms with van der Waals surface area (Å²) in [6.45, 7) is 4.09. The van der Waals surface area contributed by atoms with Gasteiger partial charge in [0.25, 0.3) is 0 Å². The smallest absolute Gasteiger partial charge is 0.238 e. The Hall–Kier alpha value is -2.20. The van der Waals surface area contributed by atoms with Crippen LogP contribution in [0.5, 0.6) is 0 Å². The molecule has 1 atom stereocenters. The summed E-state index contributed by atoms with van der Waals surface area (Å²) in [5.41, 5.74) is 7.38. The zero-order valence-corrected chi connectivity index (χ0v) is 12.5. The SMILES string of the molecule is C=CCNC(=O)C(Sc1ccc(N)cc1)c1ccccc1. The molecule has 1 amide bonds. The molecule has 0 spiro atoms. The van der Waals surface area contributed by atoms with Crippen LogP contribution in [-0.4, -0.2) is 12.5 Å². The molecular weight excluding hydrogens is 280 g/mol. The summed E-state index contributed by atoms with van der Waals surface area (Å²) < 4.78 is 0. The number of nitrogens with two attached hydrogens (primary N) is 1. The molecule has 0 aliphatic rings. The normalized spacial score (nSPS) is 11.6. The summed E-state index contributed by atoms with van der Waals surface area (Å²) in [7, 11) is 0. The standard InChI is InChI=1S/C17H18N2OS/c1-2-12-19-17(20)16(13-6-4-3-5-7-13)21-15-10-8-14(18)9-11-15/h2-11,16H,1,12,18H2,(H,19,20). The number of thioether (sulfide) groups is 1. The van der Waals surface area contributed by atoms with E-state index in [2.05, 4.69) is 11.9 Å². The highest BCUT2D eigenvalue weighted by Gasteiger charge is 2.21. The quantitative estimate of drug-likeness (QED) is 0.488. The van der Waals surface area contributed by atoms with Crippen LogP contribution >= 0.6 is 11.8 Å². The van der Waals surface area contributed by atoms with Crippen LogP contribution in [0.4, 0.5) is 5.69 Å². The first kappa shape index (κ1) is 15.2. The predicted molar refractivity (Wildman–Crippen MR) is 89.1 cm³/mol. The Balaban J connectivity index is 2.21. The summed E-state index contributed by atoms with van der Waals surface area (Å²) in [5, 5.41) is 2.56. The molecule has 0 aliphatic carbocycles. The Morgan fingerprint density at radius 2 is 1.86 bits per heavy atom. The van der Waals surface area contributed by atoms with Crippen LogP contribution in [0.1, 0.15) is 10.8 Å². The highest BCUT2D eigenvalue weighted by Crippen LogP contribution is 2.35. The lowest BCUT2D eigenvalue weighted by atomic mass is 10.1. The second kappa shape index (κ2) is 7.55. The number of benzene rings is 2. The van der Waals surface area contributed by atoms with Crippen LogP contribution < -0.4 is 11.1 Å². The fourth-order valence-electron chi connectivity index (χ4n) is 1.85. The van der Waals surface area contributed by atoms with Gasteiger partial charge in [0, 0.05) is 17.1 Å². The summed E-state index contributed by atoms with van der Waals surface area (Å²) in [6, 6.07) is 17.3. The molecule has 4 heteroatoms. The van der Waals surface area contributed by atoms with Crippen LogP contribution in [0, 0.1) is 0 Å². The number of carbonyl (C=O) groups is 1. The number of nitrogens with one attached hydrogen (secondary N) is 1. The predicted octanol–water partition coefficient (Wildman–Crippen LogP) is 3.40. The summed E-state index contributed by atoms with van der Waals surface area (Å²) >= 11 is 1.51. The van der Waals surface area contributed by atoms with E-state index in [1.54, 1.807) is 6.08 Å². The Kier molecular flexibility index (Phi) is 5.46. The van der Waals surface area contributed by atoms with Gasteiger partial charge in [-0.1, -0.05) is 36.4 Å². The molecule has 0 aliphatic heterocycles. The van der Waals surface area contributed by atoms with E-state index < -0.39 is 0 Å². The Labute approximate surface area is 129 Å². The molecule has 0 heterocycles. The van der Waals surface area contributed by atoms with Crippen LogP contribution in [-0.2, 0) is 4.79 Å². The molecule has 0 saturated carbocycles. The van der Waals surface area contributed by atoms with Gasteiger partial charge in [-0.15, -0.1) is 18.3 Å². The summed E-state index contributed by atoms with van der Waals surface area (Å²) in [5.74, 6) is -0.0251. The molecule has 2 aromatic rings. The van der Waals surface area contributed by atoms with Crippen molar-refractivity contribution in [1.82, 2.24) is 5.32 Å². The monoisotopic (exact) mass is 298 g/mol. The number of amides is 1. The highest BCUT2D eigenvalue weighted by molar-refractivity contribution is 8.00. The average molecular weight is 298 g/mol. The molecule has 21 heavy (non-hydrogen) atoms. The molecule has 2 aromatic carbocycles. The van der Waals surface area contributed by atoms with Crippen LogP contribution in [0.25, 0.3) is 0 Å². The fourth-order valence-corrected chi connectivity index (χ4v) is 2.90. The van der Waals surface area contributed by atoms with Gasteiger partial charge in [-0.2, -0.15) is 0 Å². The van der Waals surface area contributed by atoms with Gasteiger partial charge in [0.15, 0.2) is 0 Å². The van der Waals surface area contributed by atoms with Gasteiger partial charge in [-0.05, 0) is 29.8 Å². The van der Waals surface area contributed by atoms with Crippen molar-refractivity contribution in [3.63, 3.8) is 0 Å². The van der Waals surface area contributed by atoms with Crippen LogP contribution in [0.3, 0.4) is 0 Å². The van der Waals surface area contributed by atoms with Gasteiger partial charge < -0.3 is 11.1 Å². The zero-order valence-electron chi connectivity index (χ0n) is 11.7. The zero-order chi connectivity index (χ0) is 15.1. The van der Waals surface area contributed by atoms with Crippen LogP contribution in [0.2, 0.25) is 0 Å². The maximum Gasteiger partial charge on any atom is 0.238 e.